The first-order valence-electron chi connectivity index (χ1n) is 6.79. The quantitative estimate of drug-likeness (QED) is 0.644. The molecule has 0 aliphatic heterocycles. The summed E-state index contributed by atoms with van der Waals surface area (Å²) in [6.45, 7) is -0.321. The smallest absolute Gasteiger partial charge is 0.273 e. The number of non-ortho nitro benzene ring substituents is 1. The zero-order chi connectivity index (χ0) is 17.5. The summed E-state index contributed by atoms with van der Waals surface area (Å²) in [5.41, 5.74) is 0.451. The van der Waals surface area contributed by atoms with E-state index >= 15 is 0 Å². The molecule has 2 rings (SSSR count). The summed E-state index contributed by atoms with van der Waals surface area (Å²) in [4.78, 5) is 22.1. The minimum Gasteiger partial charge on any atom is -0.494 e. The van der Waals surface area contributed by atoms with E-state index in [1.165, 1.54) is 25.3 Å². The lowest BCUT2D eigenvalue weighted by atomic mass is 10.2. The van der Waals surface area contributed by atoms with Gasteiger partial charge >= 0.3 is 0 Å². The van der Waals surface area contributed by atoms with Crippen LogP contribution in [0.4, 0.5) is 11.4 Å². The average molecular weight is 327 g/mol. The Bertz CT molecular complexity index is 814. The minimum absolute atomic E-state index is 0.149. The first-order valence-corrected chi connectivity index (χ1v) is 6.79. The highest BCUT2D eigenvalue weighted by Crippen LogP contribution is 2.29. The van der Waals surface area contributed by atoms with E-state index in [2.05, 4.69) is 5.32 Å². The number of amides is 1. The maximum atomic E-state index is 12.0. The zero-order valence-corrected chi connectivity index (χ0v) is 12.7. The van der Waals surface area contributed by atoms with Crippen molar-refractivity contribution in [2.24, 2.45) is 0 Å². The maximum Gasteiger partial charge on any atom is 0.273 e. The van der Waals surface area contributed by atoms with Crippen molar-refractivity contribution in [3.05, 3.63) is 58.1 Å². The molecule has 0 aromatic heterocycles. The van der Waals surface area contributed by atoms with Crippen molar-refractivity contribution in [3.8, 4) is 17.6 Å². The van der Waals surface area contributed by atoms with Crippen molar-refractivity contribution in [2.75, 3.05) is 19.0 Å². The fraction of sp³-hybridized carbons (Fsp3) is 0.125. The van der Waals surface area contributed by atoms with Gasteiger partial charge in [0, 0.05) is 6.07 Å². The van der Waals surface area contributed by atoms with E-state index in [0.717, 1.165) is 0 Å². The van der Waals surface area contributed by atoms with Gasteiger partial charge in [0.1, 0.15) is 17.6 Å². The number of anilines is 1. The van der Waals surface area contributed by atoms with Crippen LogP contribution in [0, 0.1) is 21.4 Å². The number of nitriles is 1. The number of benzene rings is 2. The normalized spacial score (nSPS) is 9.67. The number of para-hydroxylation sites is 1. The van der Waals surface area contributed by atoms with Crippen molar-refractivity contribution >= 4 is 17.3 Å². The Hall–Kier alpha value is -3.60. The lowest BCUT2D eigenvalue weighted by Gasteiger charge is -2.11. The largest absolute Gasteiger partial charge is 0.494 e. The van der Waals surface area contributed by atoms with E-state index in [-0.39, 0.29) is 23.7 Å². The summed E-state index contributed by atoms with van der Waals surface area (Å²) in [7, 11) is 1.34. The van der Waals surface area contributed by atoms with Gasteiger partial charge in [-0.3, -0.25) is 14.9 Å². The maximum absolute atomic E-state index is 12.0. The molecular weight excluding hydrogens is 314 g/mol. The standard InChI is InChI=1S/C16H13N3O5/c1-23-15-8-12(19(21)22)6-7-13(15)18-16(20)10-24-14-5-3-2-4-11(14)9-17/h2-8H,10H2,1H3,(H,18,20). The van der Waals surface area contributed by atoms with E-state index < -0.39 is 10.8 Å². The Morgan fingerprint density at radius 3 is 2.71 bits per heavy atom. The molecule has 1 N–H and O–H groups in total. The summed E-state index contributed by atoms with van der Waals surface area (Å²) in [6, 6.07) is 12.3. The predicted molar refractivity (Wildman–Crippen MR) is 84.9 cm³/mol. The Balaban J connectivity index is 2.05. The topological polar surface area (TPSA) is 114 Å². The highest BCUT2D eigenvalue weighted by Gasteiger charge is 2.14. The number of nitrogens with one attached hydrogen (secondary N) is 1. The molecule has 8 nitrogen and oxygen atoms in total. The van der Waals surface area contributed by atoms with Gasteiger partial charge in [0.25, 0.3) is 11.6 Å². The highest BCUT2D eigenvalue weighted by molar-refractivity contribution is 5.93. The molecule has 0 heterocycles. The molecule has 0 aliphatic rings. The highest BCUT2D eigenvalue weighted by atomic mass is 16.6. The van der Waals surface area contributed by atoms with Gasteiger partial charge in [-0.1, -0.05) is 12.1 Å². The molecule has 24 heavy (non-hydrogen) atoms. The lowest BCUT2D eigenvalue weighted by molar-refractivity contribution is -0.384. The average Bonchev–Trinajstić information content (AvgIpc) is 2.60. The number of rotatable bonds is 6. The molecule has 122 valence electrons. The fourth-order valence-electron chi connectivity index (χ4n) is 1.91. The van der Waals surface area contributed by atoms with Gasteiger partial charge in [0.2, 0.25) is 0 Å². The number of nitrogens with zero attached hydrogens (tertiary/aromatic N) is 2. The van der Waals surface area contributed by atoms with Gasteiger partial charge in [0.05, 0.1) is 29.4 Å². The summed E-state index contributed by atoms with van der Waals surface area (Å²) >= 11 is 0. The predicted octanol–water partition coefficient (Wildman–Crippen LogP) is 2.49. The van der Waals surface area contributed by atoms with E-state index in [9.17, 15) is 14.9 Å². The van der Waals surface area contributed by atoms with Gasteiger partial charge in [-0.05, 0) is 18.2 Å². The van der Waals surface area contributed by atoms with E-state index in [1.54, 1.807) is 24.3 Å². The molecule has 0 radical (unpaired) electrons. The number of carbonyl (C=O) groups is 1. The number of nitro benzene ring substituents is 1. The van der Waals surface area contributed by atoms with Crippen LogP contribution in [0.3, 0.4) is 0 Å². The minimum atomic E-state index is -0.559. The monoisotopic (exact) mass is 327 g/mol. The number of carbonyl (C=O) groups excluding carboxylic acids is 1. The molecule has 0 saturated heterocycles. The van der Waals surface area contributed by atoms with Crippen LogP contribution in [-0.2, 0) is 4.79 Å². The van der Waals surface area contributed by atoms with Crippen LogP contribution < -0.4 is 14.8 Å². The Morgan fingerprint density at radius 2 is 2.04 bits per heavy atom. The second-order valence-corrected chi connectivity index (χ2v) is 4.59. The molecule has 0 saturated carbocycles. The summed E-state index contributed by atoms with van der Waals surface area (Å²) < 4.78 is 10.3. The van der Waals surface area contributed by atoms with Crippen molar-refractivity contribution in [1.82, 2.24) is 0 Å². The molecule has 0 unspecified atom stereocenters. The van der Waals surface area contributed by atoms with Gasteiger partial charge in [-0.2, -0.15) is 5.26 Å². The first kappa shape index (κ1) is 16.8. The van der Waals surface area contributed by atoms with Crippen LogP contribution >= 0.6 is 0 Å². The number of hydrogen-bond acceptors (Lipinski definition) is 6. The zero-order valence-electron chi connectivity index (χ0n) is 12.7. The van der Waals surface area contributed by atoms with Gasteiger partial charge in [-0.25, -0.2) is 0 Å². The van der Waals surface area contributed by atoms with E-state index in [0.29, 0.717) is 11.3 Å². The number of hydrogen-bond donors (Lipinski definition) is 1. The van der Waals surface area contributed by atoms with Crippen LogP contribution in [0.1, 0.15) is 5.56 Å². The molecule has 0 spiro atoms. The van der Waals surface area contributed by atoms with E-state index in [1.807, 2.05) is 6.07 Å². The lowest BCUT2D eigenvalue weighted by Crippen LogP contribution is -2.20. The van der Waals surface area contributed by atoms with Crippen molar-refractivity contribution in [2.45, 2.75) is 0 Å². The molecule has 0 aliphatic carbocycles. The van der Waals surface area contributed by atoms with Crippen LogP contribution in [0.25, 0.3) is 0 Å². The molecule has 8 heteroatoms. The third-order valence-electron chi connectivity index (χ3n) is 3.04. The summed E-state index contributed by atoms with van der Waals surface area (Å²) in [5, 5.41) is 22.2. The molecule has 2 aromatic rings. The number of methoxy groups -OCH3 is 1. The number of nitro groups is 1. The number of ether oxygens (including phenoxy) is 2. The SMILES string of the molecule is COc1cc([N+](=O)[O-])ccc1NC(=O)COc1ccccc1C#N. The van der Waals surface area contributed by atoms with Crippen LogP contribution in [-0.4, -0.2) is 24.5 Å². The summed E-state index contributed by atoms with van der Waals surface area (Å²) in [6.07, 6.45) is 0. The summed E-state index contributed by atoms with van der Waals surface area (Å²) in [5.74, 6) is -0.0318. The molecular formula is C16H13N3O5. The third kappa shape index (κ3) is 3.98. The van der Waals surface area contributed by atoms with Crippen LogP contribution in [0.15, 0.2) is 42.5 Å². The van der Waals surface area contributed by atoms with Crippen LogP contribution in [0.5, 0.6) is 11.5 Å². The van der Waals surface area contributed by atoms with Crippen LogP contribution in [0.2, 0.25) is 0 Å². The molecule has 2 aromatic carbocycles. The molecule has 0 fully saturated rings. The second kappa shape index (κ2) is 7.60. The van der Waals surface area contributed by atoms with E-state index in [4.69, 9.17) is 14.7 Å². The Labute approximate surface area is 137 Å². The van der Waals surface area contributed by atoms with Gasteiger partial charge in [0.15, 0.2) is 6.61 Å². The first-order chi connectivity index (χ1) is 11.5. The second-order valence-electron chi connectivity index (χ2n) is 4.59. The fourth-order valence-corrected chi connectivity index (χ4v) is 1.91. The van der Waals surface area contributed by atoms with Gasteiger partial charge < -0.3 is 14.8 Å². The van der Waals surface area contributed by atoms with Gasteiger partial charge in [-0.15, -0.1) is 0 Å². The Kier molecular flexibility index (Phi) is 5.31. The van der Waals surface area contributed by atoms with Crippen molar-refractivity contribution in [3.63, 3.8) is 0 Å². The third-order valence-corrected chi connectivity index (χ3v) is 3.04. The molecule has 0 bridgehead atoms. The van der Waals surface area contributed by atoms with Crippen molar-refractivity contribution < 1.29 is 19.2 Å². The Morgan fingerprint density at radius 1 is 1.29 bits per heavy atom. The molecule has 1 amide bonds. The van der Waals surface area contributed by atoms with Crippen molar-refractivity contribution in [1.29, 1.82) is 5.26 Å². The molecule has 0 atom stereocenters.